The third-order valence-electron chi connectivity index (χ3n) is 3.24. The lowest BCUT2D eigenvalue weighted by molar-refractivity contribution is -0.122. The Balaban J connectivity index is 0.00000176. The quantitative estimate of drug-likeness (QED) is 0.874. The van der Waals surface area contributed by atoms with Gasteiger partial charge in [-0.25, -0.2) is 0 Å². The molecule has 3 N–H and O–H groups in total. The van der Waals surface area contributed by atoms with Gasteiger partial charge in [0.25, 0.3) is 0 Å². The first-order valence-electron chi connectivity index (χ1n) is 6.66. The van der Waals surface area contributed by atoms with E-state index in [1.54, 1.807) is 11.3 Å². The first-order valence-corrected chi connectivity index (χ1v) is 7.54. The van der Waals surface area contributed by atoms with Crippen LogP contribution < -0.4 is 20.5 Å². The monoisotopic (exact) mass is 340 g/mol. The van der Waals surface area contributed by atoms with Crippen LogP contribution in [0.1, 0.15) is 10.4 Å². The number of nitrogens with two attached hydrogens (primary N) is 1. The smallest absolute Gasteiger partial charge is 0.237 e. The van der Waals surface area contributed by atoms with Crippen LogP contribution in [0.2, 0.25) is 0 Å². The van der Waals surface area contributed by atoms with E-state index in [0.29, 0.717) is 18.7 Å². The number of hydrogen-bond acceptors (Lipinski definition) is 5. The van der Waals surface area contributed by atoms with Crippen LogP contribution in [0.5, 0.6) is 11.5 Å². The van der Waals surface area contributed by atoms with Crippen molar-refractivity contribution < 1.29 is 14.3 Å². The first-order chi connectivity index (χ1) is 10.2. The maximum Gasteiger partial charge on any atom is 0.237 e. The van der Waals surface area contributed by atoms with Crippen molar-refractivity contribution >= 4 is 29.7 Å². The molecular weight excluding hydrogens is 324 g/mol. The maximum absolute atomic E-state index is 12.0. The molecule has 0 aliphatic carbocycles. The largest absolute Gasteiger partial charge is 0.454 e. The van der Waals surface area contributed by atoms with Gasteiger partial charge in [0.15, 0.2) is 11.5 Å². The van der Waals surface area contributed by atoms with Gasteiger partial charge in [0.1, 0.15) is 0 Å². The molecule has 7 heteroatoms. The van der Waals surface area contributed by atoms with E-state index in [0.717, 1.165) is 16.2 Å². The van der Waals surface area contributed by atoms with Gasteiger partial charge in [0, 0.05) is 17.8 Å². The average Bonchev–Trinajstić information content (AvgIpc) is 3.14. The van der Waals surface area contributed by atoms with Gasteiger partial charge in [-0.15, -0.1) is 23.7 Å². The van der Waals surface area contributed by atoms with E-state index >= 15 is 0 Å². The summed E-state index contributed by atoms with van der Waals surface area (Å²) >= 11 is 1.61. The number of hydrogen-bond donors (Lipinski definition) is 2. The van der Waals surface area contributed by atoms with E-state index < -0.39 is 6.04 Å². The predicted molar refractivity (Wildman–Crippen MR) is 87.7 cm³/mol. The molecule has 1 aliphatic rings. The van der Waals surface area contributed by atoms with Crippen molar-refractivity contribution in [2.75, 3.05) is 6.79 Å². The highest BCUT2D eigenvalue weighted by molar-refractivity contribution is 7.09. The Kier molecular flexibility index (Phi) is 5.65. The second kappa shape index (κ2) is 7.49. The number of amides is 1. The summed E-state index contributed by atoms with van der Waals surface area (Å²) in [7, 11) is 0. The highest BCUT2D eigenvalue weighted by Crippen LogP contribution is 2.32. The Labute approximate surface area is 138 Å². The first kappa shape index (κ1) is 16.6. The molecule has 118 valence electrons. The van der Waals surface area contributed by atoms with Crippen LogP contribution in [0.4, 0.5) is 0 Å². The molecule has 2 aromatic rings. The SMILES string of the molecule is Cl.N[C@H](Cc1cccs1)C(=O)NCc1ccc2c(c1)OCO2. The molecule has 0 unspecified atom stereocenters. The van der Waals surface area contributed by atoms with Gasteiger partial charge in [0.2, 0.25) is 12.7 Å². The predicted octanol–water partition coefficient (Wildman–Crippen LogP) is 2.08. The van der Waals surface area contributed by atoms with Gasteiger partial charge in [0.05, 0.1) is 6.04 Å². The van der Waals surface area contributed by atoms with Gasteiger partial charge in [-0.2, -0.15) is 0 Å². The Bertz CT molecular complexity index is 634. The van der Waals surface area contributed by atoms with Crippen molar-refractivity contribution in [3.63, 3.8) is 0 Å². The van der Waals surface area contributed by atoms with Crippen molar-refractivity contribution in [3.8, 4) is 11.5 Å². The lowest BCUT2D eigenvalue weighted by Crippen LogP contribution is -2.41. The normalized spacial score (nSPS) is 13.3. The summed E-state index contributed by atoms with van der Waals surface area (Å²) in [4.78, 5) is 13.1. The zero-order chi connectivity index (χ0) is 14.7. The molecule has 1 amide bonds. The van der Waals surface area contributed by atoms with E-state index in [2.05, 4.69) is 5.32 Å². The molecule has 2 heterocycles. The van der Waals surface area contributed by atoms with Crippen LogP contribution in [-0.4, -0.2) is 18.7 Å². The summed E-state index contributed by atoms with van der Waals surface area (Å²) in [5, 5.41) is 4.83. The van der Waals surface area contributed by atoms with Gasteiger partial charge < -0.3 is 20.5 Å². The van der Waals surface area contributed by atoms with Crippen LogP contribution >= 0.6 is 23.7 Å². The summed E-state index contributed by atoms with van der Waals surface area (Å²) in [6.45, 7) is 0.671. The van der Waals surface area contributed by atoms with Gasteiger partial charge in [-0.3, -0.25) is 4.79 Å². The molecule has 1 aromatic heterocycles. The Morgan fingerprint density at radius 3 is 2.91 bits per heavy atom. The lowest BCUT2D eigenvalue weighted by Gasteiger charge is -2.11. The topological polar surface area (TPSA) is 73.6 Å². The van der Waals surface area contributed by atoms with E-state index in [9.17, 15) is 4.79 Å². The number of halogens is 1. The molecule has 1 aliphatic heterocycles. The molecule has 1 aromatic carbocycles. The van der Waals surface area contributed by atoms with E-state index in [4.69, 9.17) is 15.2 Å². The zero-order valence-corrected chi connectivity index (χ0v) is 13.4. The van der Waals surface area contributed by atoms with Crippen molar-refractivity contribution in [1.82, 2.24) is 5.32 Å². The minimum absolute atomic E-state index is 0. The summed E-state index contributed by atoms with van der Waals surface area (Å²) < 4.78 is 10.6. The summed E-state index contributed by atoms with van der Waals surface area (Å²) in [5.41, 5.74) is 6.87. The fraction of sp³-hybridized carbons (Fsp3) is 0.267. The van der Waals surface area contributed by atoms with Gasteiger partial charge >= 0.3 is 0 Å². The number of thiophene rings is 1. The minimum atomic E-state index is -0.530. The number of carbonyl (C=O) groups excluding carboxylic acids is 1. The van der Waals surface area contributed by atoms with E-state index in [1.165, 1.54) is 0 Å². The van der Waals surface area contributed by atoms with Crippen LogP contribution in [0, 0.1) is 0 Å². The number of ether oxygens (including phenoxy) is 2. The number of fused-ring (bicyclic) bond motifs is 1. The molecule has 0 saturated heterocycles. The highest BCUT2D eigenvalue weighted by Gasteiger charge is 2.16. The Morgan fingerprint density at radius 1 is 1.32 bits per heavy atom. The summed E-state index contributed by atoms with van der Waals surface area (Å²) in [6.07, 6.45) is 0.560. The number of rotatable bonds is 5. The average molecular weight is 341 g/mol. The van der Waals surface area contributed by atoms with Crippen LogP contribution in [0.15, 0.2) is 35.7 Å². The lowest BCUT2D eigenvalue weighted by atomic mass is 10.1. The fourth-order valence-electron chi connectivity index (χ4n) is 2.11. The van der Waals surface area contributed by atoms with Crippen molar-refractivity contribution in [2.24, 2.45) is 5.73 Å². The van der Waals surface area contributed by atoms with Gasteiger partial charge in [-0.1, -0.05) is 12.1 Å². The molecule has 3 rings (SSSR count). The van der Waals surface area contributed by atoms with Crippen molar-refractivity contribution in [1.29, 1.82) is 0 Å². The number of benzene rings is 1. The van der Waals surface area contributed by atoms with E-state index in [-0.39, 0.29) is 25.1 Å². The summed E-state index contributed by atoms with van der Waals surface area (Å²) in [6, 6.07) is 9.02. The van der Waals surface area contributed by atoms with Crippen LogP contribution in [0.3, 0.4) is 0 Å². The zero-order valence-electron chi connectivity index (χ0n) is 11.8. The summed E-state index contributed by atoms with van der Waals surface area (Å²) in [5.74, 6) is 1.30. The maximum atomic E-state index is 12.0. The fourth-order valence-corrected chi connectivity index (χ4v) is 2.87. The third kappa shape index (κ3) is 3.91. The number of nitrogens with one attached hydrogen (secondary N) is 1. The molecular formula is C15H17ClN2O3S. The van der Waals surface area contributed by atoms with Crippen LogP contribution in [0.25, 0.3) is 0 Å². The number of carbonyl (C=O) groups is 1. The minimum Gasteiger partial charge on any atom is -0.454 e. The van der Waals surface area contributed by atoms with E-state index in [1.807, 2.05) is 35.7 Å². The molecule has 5 nitrogen and oxygen atoms in total. The molecule has 0 spiro atoms. The molecule has 0 radical (unpaired) electrons. The molecule has 1 atom stereocenters. The van der Waals surface area contributed by atoms with Crippen molar-refractivity contribution in [3.05, 3.63) is 46.2 Å². The van der Waals surface area contributed by atoms with Crippen LogP contribution in [-0.2, 0) is 17.8 Å². The van der Waals surface area contributed by atoms with Gasteiger partial charge in [-0.05, 0) is 29.1 Å². The third-order valence-corrected chi connectivity index (χ3v) is 4.14. The molecule has 22 heavy (non-hydrogen) atoms. The second-order valence-electron chi connectivity index (χ2n) is 4.80. The molecule has 0 bridgehead atoms. The molecule has 0 saturated carbocycles. The Hall–Kier alpha value is -1.76. The molecule has 0 fully saturated rings. The standard InChI is InChI=1S/C15H16N2O3S.ClH/c16-12(7-11-2-1-5-21-11)15(18)17-8-10-3-4-13-14(6-10)20-9-19-13;/h1-6,12H,7-9,16H2,(H,17,18);1H/t12-;/m1./s1. The second-order valence-corrected chi connectivity index (χ2v) is 5.83. The Morgan fingerprint density at radius 2 is 2.14 bits per heavy atom. The van der Waals surface area contributed by atoms with Crippen molar-refractivity contribution in [2.45, 2.75) is 19.0 Å². The highest BCUT2D eigenvalue weighted by atomic mass is 35.5.